The van der Waals surface area contributed by atoms with Gasteiger partial charge in [-0.3, -0.25) is 14.4 Å². The largest absolute Gasteiger partial charge is 0.496 e. The third kappa shape index (κ3) is 9.92. The quantitative estimate of drug-likeness (QED) is 0.250. The Kier molecular flexibility index (Phi) is 13.8. The van der Waals surface area contributed by atoms with E-state index in [2.05, 4.69) is 17.3 Å². The van der Waals surface area contributed by atoms with E-state index in [0.29, 0.717) is 24.5 Å². The summed E-state index contributed by atoms with van der Waals surface area (Å²) < 4.78 is 35.5. The van der Waals surface area contributed by atoms with Crippen LogP contribution in [0.5, 0.6) is 11.5 Å². The summed E-state index contributed by atoms with van der Waals surface area (Å²) in [5.74, 6) is -0.0980. The van der Waals surface area contributed by atoms with Crippen LogP contribution in [-0.2, 0) is 14.8 Å². The number of unbranched alkanes of at least 4 members (excludes halogenated alkanes) is 2. The Morgan fingerprint density at radius 3 is 2.33 bits per heavy atom. The number of benzene rings is 3. The zero-order chi connectivity index (χ0) is 34.1. The van der Waals surface area contributed by atoms with Crippen LogP contribution in [0.3, 0.4) is 0 Å². The average molecular weight is 702 g/mol. The molecule has 260 valence electrons. The van der Waals surface area contributed by atoms with E-state index in [4.69, 9.17) is 14.6 Å². The lowest BCUT2D eigenvalue weighted by molar-refractivity contribution is -0.132. The number of nitrogens with zero attached hydrogens (tertiary/aromatic N) is 3. The van der Waals surface area contributed by atoms with Gasteiger partial charge in [-0.05, 0) is 81.3 Å². The molecule has 0 spiro atoms. The number of anilines is 2. The molecule has 0 bridgehead atoms. The molecule has 3 aromatic carbocycles. The normalized spacial score (nSPS) is 13.3. The molecule has 48 heavy (non-hydrogen) atoms. The van der Waals surface area contributed by atoms with Crippen molar-refractivity contribution >= 4 is 51.5 Å². The number of nitrogens with two attached hydrogens (primary N) is 1. The van der Waals surface area contributed by atoms with Gasteiger partial charge in [0.1, 0.15) is 16.4 Å². The number of rotatable bonds is 13. The maximum atomic E-state index is 13.6. The maximum Gasteiger partial charge on any atom is 0.259 e. The van der Waals surface area contributed by atoms with Crippen LogP contribution in [0.1, 0.15) is 52.0 Å². The van der Waals surface area contributed by atoms with Crippen molar-refractivity contribution in [3.63, 3.8) is 0 Å². The van der Waals surface area contributed by atoms with Gasteiger partial charge in [0.15, 0.2) is 0 Å². The topological polar surface area (TPSA) is 152 Å². The number of likely N-dealkylation sites (N-methyl/N-ethyl adjacent to an activating group) is 1. The molecular weight excluding hydrogens is 658 g/mol. The summed E-state index contributed by atoms with van der Waals surface area (Å²) in [6.45, 7) is 5.77. The minimum Gasteiger partial charge on any atom is -0.496 e. The van der Waals surface area contributed by atoms with Crippen LogP contribution in [0.2, 0.25) is 0 Å². The van der Waals surface area contributed by atoms with E-state index in [1.165, 1.54) is 48.4 Å². The summed E-state index contributed by atoms with van der Waals surface area (Å²) in [5, 5.41) is 7.85. The van der Waals surface area contributed by atoms with Crippen molar-refractivity contribution in [1.82, 2.24) is 9.80 Å². The number of piperazine rings is 1. The number of aryl methyl sites for hydroxylation is 1. The summed E-state index contributed by atoms with van der Waals surface area (Å²) in [4.78, 5) is 44.6. The highest BCUT2D eigenvalue weighted by molar-refractivity contribution is 7.89. The Hall–Kier alpha value is -4.17. The number of hydrogen-bond donors (Lipinski definition) is 2. The lowest BCUT2D eigenvalue weighted by Crippen LogP contribution is -2.47. The fraction of sp³-hybridized carbons (Fsp3) is 0.382. The Balaban J connectivity index is 0.00000625. The predicted molar refractivity (Wildman–Crippen MR) is 188 cm³/mol. The predicted octanol–water partition coefficient (Wildman–Crippen LogP) is 4.31. The zero-order valence-electron chi connectivity index (χ0n) is 27.7. The Bertz CT molecular complexity index is 1710. The highest BCUT2D eigenvalue weighted by Gasteiger charge is 2.23. The van der Waals surface area contributed by atoms with Crippen molar-refractivity contribution in [3.05, 3.63) is 77.4 Å². The molecule has 3 N–H and O–H groups in total. The molecule has 3 aromatic rings. The molecule has 14 heteroatoms. The van der Waals surface area contributed by atoms with Gasteiger partial charge in [0, 0.05) is 45.2 Å². The lowest BCUT2D eigenvalue weighted by atomic mass is 10.1. The summed E-state index contributed by atoms with van der Waals surface area (Å²) in [6.07, 6.45) is 2.94. The lowest BCUT2D eigenvalue weighted by Gasteiger charge is -2.32. The number of methoxy groups -OCH3 is 1. The second kappa shape index (κ2) is 17.3. The molecule has 0 unspecified atom stereocenters. The summed E-state index contributed by atoms with van der Waals surface area (Å²) >= 11 is 0. The molecule has 1 aliphatic heterocycles. The molecule has 0 saturated carbocycles. The van der Waals surface area contributed by atoms with Crippen LogP contribution in [0.25, 0.3) is 0 Å². The van der Waals surface area contributed by atoms with Crippen molar-refractivity contribution in [3.8, 4) is 11.5 Å². The van der Waals surface area contributed by atoms with Crippen molar-refractivity contribution in [2.75, 3.05) is 64.2 Å². The molecule has 0 aliphatic carbocycles. The molecule has 1 fully saturated rings. The minimum absolute atomic E-state index is 0. The number of sulfonamides is 1. The van der Waals surface area contributed by atoms with E-state index in [1.54, 1.807) is 13.1 Å². The van der Waals surface area contributed by atoms with Crippen LogP contribution in [0.15, 0.2) is 65.6 Å². The minimum atomic E-state index is -4.08. The number of primary sulfonamides is 1. The third-order valence-electron chi connectivity index (χ3n) is 8.06. The standard InChI is InChI=1S/C34H43N5O7S.ClH/c1-24-13-16-28(30(22-24)46-21-9-5-6-12-32(40)39-19-17-37(2)18-20-39)38(3)34(42)25-14-15-26(29(23-25)45-4)33(41)36-27-10-7-8-11-31(27)47(35,43)44;/h7-8,10-11,13-16,22-23H,5-6,9,12,17-21H2,1-4H3,(H,36,41)(H2,35,43,44);1H. The van der Waals surface area contributed by atoms with Gasteiger partial charge in [0.2, 0.25) is 15.9 Å². The van der Waals surface area contributed by atoms with Gasteiger partial charge in [-0.2, -0.15) is 0 Å². The molecule has 1 aliphatic rings. The Morgan fingerprint density at radius 2 is 1.65 bits per heavy atom. The van der Waals surface area contributed by atoms with E-state index in [9.17, 15) is 22.8 Å². The van der Waals surface area contributed by atoms with Gasteiger partial charge in [0.05, 0.1) is 30.7 Å². The van der Waals surface area contributed by atoms with Crippen LogP contribution >= 0.6 is 12.4 Å². The van der Waals surface area contributed by atoms with Crippen molar-refractivity contribution < 1.29 is 32.3 Å². The van der Waals surface area contributed by atoms with Gasteiger partial charge < -0.3 is 29.5 Å². The van der Waals surface area contributed by atoms with Gasteiger partial charge in [0.25, 0.3) is 11.8 Å². The molecule has 3 amide bonds. The molecule has 0 atom stereocenters. The second-order valence-corrected chi connectivity index (χ2v) is 13.1. The summed E-state index contributed by atoms with van der Waals surface area (Å²) in [6, 6.07) is 15.8. The number of amides is 3. The van der Waals surface area contributed by atoms with Crippen molar-refractivity contribution in [1.29, 1.82) is 0 Å². The number of halogens is 1. The average Bonchev–Trinajstić information content (AvgIpc) is 3.05. The first-order valence-corrected chi connectivity index (χ1v) is 17.0. The van der Waals surface area contributed by atoms with Gasteiger partial charge in [-0.1, -0.05) is 18.2 Å². The fourth-order valence-electron chi connectivity index (χ4n) is 5.29. The fourth-order valence-corrected chi connectivity index (χ4v) is 5.98. The number of para-hydroxylation sites is 1. The number of carbonyl (C=O) groups is 3. The molecule has 0 aromatic heterocycles. The maximum absolute atomic E-state index is 13.6. The van der Waals surface area contributed by atoms with E-state index in [1.807, 2.05) is 30.0 Å². The SMILES string of the molecule is COc1cc(C(=O)N(C)c2ccc(C)cc2OCCCCCC(=O)N2CCN(C)CC2)ccc1C(=O)Nc1ccccc1S(N)(=O)=O.Cl. The third-order valence-corrected chi connectivity index (χ3v) is 9.03. The molecular formula is C34H44ClN5O7S. The van der Waals surface area contributed by atoms with Crippen LogP contribution in [0.4, 0.5) is 11.4 Å². The van der Waals surface area contributed by atoms with Crippen molar-refractivity contribution in [2.24, 2.45) is 5.14 Å². The number of hydrogen-bond acceptors (Lipinski definition) is 8. The van der Waals surface area contributed by atoms with E-state index < -0.39 is 15.9 Å². The monoisotopic (exact) mass is 701 g/mol. The van der Waals surface area contributed by atoms with Gasteiger partial charge in [-0.25, -0.2) is 13.6 Å². The smallest absolute Gasteiger partial charge is 0.259 e. The van der Waals surface area contributed by atoms with Gasteiger partial charge >= 0.3 is 0 Å². The van der Waals surface area contributed by atoms with Gasteiger partial charge in [-0.15, -0.1) is 12.4 Å². The molecule has 4 rings (SSSR count). The summed E-state index contributed by atoms with van der Waals surface area (Å²) in [5.41, 5.74) is 1.94. The zero-order valence-corrected chi connectivity index (χ0v) is 29.4. The van der Waals surface area contributed by atoms with Crippen LogP contribution < -0.4 is 24.8 Å². The first-order chi connectivity index (χ1) is 22.4. The Morgan fingerprint density at radius 1 is 0.938 bits per heavy atom. The summed E-state index contributed by atoms with van der Waals surface area (Å²) in [7, 11) is 1.00. The van der Waals surface area contributed by atoms with Crippen LogP contribution in [0, 0.1) is 6.92 Å². The highest BCUT2D eigenvalue weighted by atomic mass is 35.5. The molecule has 1 saturated heterocycles. The number of nitrogens with one attached hydrogen (secondary N) is 1. The van der Waals surface area contributed by atoms with Crippen LogP contribution in [-0.4, -0.2) is 89.9 Å². The second-order valence-electron chi connectivity index (χ2n) is 11.6. The number of ether oxygens (including phenoxy) is 2. The van der Waals surface area contributed by atoms with E-state index >= 15 is 0 Å². The van der Waals surface area contributed by atoms with E-state index in [0.717, 1.165) is 51.0 Å². The first-order valence-electron chi connectivity index (χ1n) is 15.5. The highest BCUT2D eigenvalue weighted by Crippen LogP contribution is 2.31. The molecule has 12 nitrogen and oxygen atoms in total. The Labute approximate surface area is 288 Å². The molecule has 0 radical (unpaired) electrons. The number of carbonyl (C=O) groups excluding carboxylic acids is 3. The van der Waals surface area contributed by atoms with Crippen molar-refractivity contribution in [2.45, 2.75) is 37.5 Å². The first kappa shape index (κ1) is 38.3. The molecule has 1 heterocycles. The van der Waals surface area contributed by atoms with E-state index in [-0.39, 0.29) is 51.7 Å².